The average molecular weight is 240 g/mol. The minimum Gasteiger partial charge on any atom is -0.383 e. The molecule has 0 unspecified atom stereocenters. The molecule has 0 radical (unpaired) electrons. The van der Waals surface area contributed by atoms with Gasteiger partial charge in [-0.15, -0.1) is 0 Å². The van der Waals surface area contributed by atoms with Gasteiger partial charge in [-0.1, -0.05) is 13.3 Å². The average Bonchev–Trinajstić information content (AvgIpc) is 2.29. The fraction of sp³-hybridized carbons (Fsp3) is 0.250. The fourth-order valence-corrected chi connectivity index (χ4v) is 1.75. The SMILES string of the molecule is CCCc1cc2c(F)c(F)c(F)cc2nc1N. The predicted octanol–water partition coefficient (Wildman–Crippen LogP) is 3.19. The number of rotatable bonds is 2. The molecule has 0 fully saturated rings. The van der Waals surface area contributed by atoms with Crippen LogP contribution < -0.4 is 5.73 Å². The number of nitrogen functional groups attached to an aromatic ring is 1. The van der Waals surface area contributed by atoms with E-state index in [0.29, 0.717) is 12.0 Å². The van der Waals surface area contributed by atoms with Gasteiger partial charge in [0.1, 0.15) is 5.82 Å². The molecule has 2 N–H and O–H groups in total. The predicted molar refractivity (Wildman–Crippen MR) is 60.0 cm³/mol. The molecule has 1 heterocycles. The van der Waals surface area contributed by atoms with Gasteiger partial charge in [0.25, 0.3) is 0 Å². The Morgan fingerprint density at radius 3 is 2.53 bits per heavy atom. The monoisotopic (exact) mass is 240 g/mol. The number of halogens is 3. The van der Waals surface area contributed by atoms with Crippen molar-refractivity contribution >= 4 is 16.7 Å². The quantitative estimate of drug-likeness (QED) is 0.819. The highest BCUT2D eigenvalue weighted by molar-refractivity contribution is 5.82. The number of anilines is 1. The summed E-state index contributed by atoms with van der Waals surface area (Å²) in [7, 11) is 0. The summed E-state index contributed by atoms with van der Waals surface area (Å²) < 4.78 is 39.6. The maximum Gasteiger partial charge on any atom is 0.195 e. The Labute approximate surface area is 96.3 Å². The zero-order valence-corrected chi connectivity index (χ0v) is 9.23. The van der Waals surface area contributed by atoms with E-state index in [2.05, 4.69) is 4.98 Å². The van der Waals surface area contributed by atoms with Gasteiger partial charge in [-0.3, -0.25) is 0 Å². The lowest BCUT2D eigenvalue weighted by Crippen LogP contribution is -2.01. The van der Waals surface area contributed by atoms with Crippen molar-refractivity contribution in [3.05, 3.63) is 35.1 Å². The second kappa shape index (κ2) is 4.24. The highest BCUT2D eigenvalue weighted by Gasteiger charge is 2.15. The minimum absolute atomic E-state index is 0.0266. The van der Waals surface area contributed by atoms with Crippen LogP contribution in [0.25, 0.3) is 10.9 Å². The molecule has 0 aliphatic rings. The number of benzene rings is 1. The normalized spacial score (nSPS) is 11.1. The van der Waals surface area contributed by atoms with Crippen LogP contribution in [0.2, 0.25) is 0 Å². The van der Waals surface area contributed by atoms with E-state index in [1.807, 2.05) is 6.92 Å². The summed E-state index contributed by atoms with van der Waals surface area (Å²) in [6, 6.07) is 2.28. The lowest BCUT2D eigenvalue weighted by atomic mass is 10.1. The maximum absolute atomic E-state index is 13.5. The topological polar surface area (TPSA) is 38.9 Å². The van der Waals surface area contributed by atoms with Crippen LogP contribution in [0.4, 0.5) is 19.0 Å². The van der Waals surface area contributed by atoms with Gasteiger partial charge >= 0.3 is 0 Å². The molecule has 0 saturated carbocycles. The summed E-state index contributed by atoms with van der Waals surface area (Å²) in [6.45, 7) is 1.94. The van der Waals surface area contributed by atoms with E-state index in [9.17, 15) is 13.2 Å². The Bertz CT molecular complexity index is 582. The number of nitrogens with zero attached hydrogens (tertiary/aromatic N) is 1. The van der Waals surface area contributed by atoms with Crippen molar-refractivity contribution in [2.45, 2.75) is 19.8 Å². The number of hydrogen-bond donors (Lipinski definition) is 1. The number of hydrogen-bond acceptors (Lipinski definition) is 2. The molecule has 1 aromatic heterocycles. The summed E-state index contributed by atoms with van der Waals surface area (Å²) in [5, 5.41) is -0.0402. The van der Waals surface area contributed by atoms with E-state index in [1.165, 1.54) is 6.07 Å². The summed E-state index contributed by atoms with van der Waals surface area (Å²) in [4.78, 5) is 3.89. The van der Waals surface area contributed by atoms with Gasteiger partial charge in [-0.25, -0.2) is 18.2 Å². The number of aromatic nitrogens is 1. The number of nitrogens with two attached hydrogens (primary N) is 1. The molecule has 0 amide bonds. The first-order valence-electron chi connectivity index (χ1n) is 5.27. The Kier molecular flexibility index (Phi) is 2.92. The Balaban J connectivity index is 2.75. The van der Waals surface area contributed by atoms with Gasteiger partial charge in [0.05, 0.1) is 5.52 Å². The van der Waals surface area contributed by atoms with Crippen LogP contribution in [0.15, 0.2) is 12.1 Å². The van der Waals surface area contributed by atoms with Crippen LogP contribution >= 0.6 is 0 Å². The van der Waals surface area contributed by atoms with Crippen LogP contribution in [0, 0.1) is 17.5 Å². The van der Waals surface area contributed by atoms with Crippen LogP contribution in [0.1, 0.15) is 18.9 Å². The van der Waals surface area contributed by atoms with E-state index in [1.54, 1.807) is 0 Å². The molecule has 0 bridgehead atoms. The highest BCUT2D eigenvalue weighted by atomic mass is 19.2. The second-order valence-corrected chi connectivity index (χ2v) is 3.84. The molecule has 0 aliphatic carbocycles. The first kappa shape index (κ1) is 11.7. The molecule has 2 rings (SSSR count). The highest BCUT2D eigenvalue weighted by Crippen LogP contribution is 2.25. The largest absolute Gasteiger partial charge is 0.383 e. The second-order valence-electron chi connectivity index (χ2n) is 3.84. The van der Waals surface area contributed by atoms with Crippen LogP contribution in [0.5, 0.6) is 0 Å². The van der Waals surface area contributed by atoms with Crippen molar-refractivity contribution < 1.29 is 13.2 Å². The Morgan fingerprint density at radius 1 is 1.18 bits per heavy atom. The lowest BCUT2D eigenvalue weighted by Gasteiger charge is -2.07. The third-order valence-electron chi connectivity index (χ3n) is 2.59. The smallest absolute Gasteiger partial charge is 0.195 e. The van der Waals surface area contributed by atoms with E-state index < -0.39 is 17.5 Å². The molecule has 2 nitrogen and oxygen atoms in total. The molecule has 0 saturated heterocycles. The van der Waals surface area contributed by atoms with Crippen molar-refractivity contribution in [1.29, 1.82) is 0 Å². The molecule has 5 heteroatoms. The summed E-state index contributed by atoms with van der Waals surface area (Å²) in [5.41, 5.74) is 6.33. The molecular weight excluding hydrogens is 229 g/mol. The zero-order chi connectivity index (χ0) is 12.6. The van der Waals surface area contributed by atoms with Crippen LogP contribution in [0.3, 0.4) is 0 Å². The van der Waals surface area contributed by atoms with E-state index in [-0.39, 0.29) is 16.7 Å². The maximum atomic E-state index is 13.5. The molecule has 2 aromatic rings. The van der Waals surface area contributed by atoms with E-state index in [4.69, 9.17) is 5.73 Å². The van der Waals surface area contributed by atoms with Crippen molar-refractivity contribution in [3.63, 3.8) is 0 Å². The Hall–Kier alpha value is -1.78. The molecule has 90 valence electrons. The summed E-state index contributed by atoms with van der Waals surface area (Å²) in [6.07, 6.45) is 1.43. The standard InChI is InChI=1S/C12H11F3N2/c1-2-3-6-4-7-9(17-12(6)16)5-8(13)11(15)10(7)14/h4-5H,2-3H2,1H3,(H2,16,17). The van der Waals surface area contributed by atoms with Crippen molar-refractivity contribution in [3.8, 4) is 0 Å². The third-order valence-corrected chi connectivity index (χ3v) is 2.59. The van der Waals surface area contributed by atoms with E-state index in [0.717, 1.165) is 12.5 Å². The third kappa shape index (κ3) is 1.92. The van der Waals surface area contributed by atoms with Gasteiger partial charge < -0.3 is 5.73 Å². The lowest BCUT2D eigenvalue weighted by molar-refractivity contribution is 0.453. The zero-order valence-electron chi connectivity index (χ0n) is 9.23. The Morgan fingerprint density at radius 2 is 1.88 bits per heavy atom. The van der Waals surface area contributed by atoms with Gasteiger partial charge in [0.15, 0.2) is 17.5 Å². The van der Waals surface area contributed by atoms with Gasteiger partial charge in [0, 0.05) is 11.5 Å². The molecule has 0 aliphatic heterocycles. The number of pyridine rings is 1. The molecule has 0 atom stereocenters. The molecule has 1 aromatic carbocycles. The molecule has 17 heavy (non-hydrogen) atoms. The fourth-order valence-electron chi connectivity index (χ4n) is 1.75. The number of fused-ring (bicyclic) bond motifs is 1. The molecular formula is C12H11F3N2. The summed E-state index contributed by atoms with van der Waals surface area (Å²) in [5.74, 6) is -3.73. The van der Waals surface area contributed by atoms with Gasteiger partial charge in [-0.2, -0.15) is 0 Å². The summed E-state index contributed by atoms with van der Waals surface area (Å²) >= 11 is 0. The van der Waals surface area contributed by atoms with Gasteiger partial charge in [0.2, 0.25) is 0 Å². The first-order chi connectivity index (χ1) is 8.04. The van der Waals surface area contributed by atoms with E-state index >= 15 is 0 Å². The molecule has 0 spiro atoms. The van der Waals surface area contributed by atoms with Crippen LogP contribution in [-0.4, -0.2) is 4.98 Å². The van der Waals surface area contributed by atoms with Gasteiger partial charge in [-0.05, 0) is 18.1 Å². The minimum atomic E-state index is -1.48. The number of aryl methyl sites for hydroxylation is 1. The van der Waals surface area contributed by atoms with Crippen molar-refractivity contribution in [2.24, 2.45) is 0 Å². The first-order valence-corrected chi connectivity index (χ1v) is 5.27. The van der Waals surface area contributed by atoms with Crippen molar-refractivity contribution in [1.82, 2.24) is 4.98 Å². The van der Waals surface area contributed by atoms with Crippen molar-refractivity contribution in [2.75, 3.05) is 5.73 Å². The van der Waals surface area contributed by atoms with Crippen LogP contribution in [-0.2, 0) is 6.42 Å².